The molecule has 0 aliphatic rings. The number of anilines is 1. The number of carbonyl (C=O) groups excluding carboxylic acids is 1. The lowest BCUT2D eigenvalue weighted by Crippen LogP contribution is -2.17. The van der Waals surface area contributed by atoms with E-state index in [-0.39, 0.29) is 21.0 Å². The van der Waals surface area contributed by atoms with Crippen molar-refractivity contribution in [1.82, 2.24) is 0 Å². The molecule has 1 aromatic carbocycles. The number of nitriles is 1. The first-order valence-corrected chi connectivity index (χ1v) is 8.55. The Morgan fingerprint density at radius 2 is 2.13 bits per heavy atom. The van der Waals surface area contributed by atoms with Crippen LogP contribution in [0, 0.1) is 24.1 Å². The van der Waals surface area contributed by atoms with Crippen LogP contribution in [0.1, 0.15) is 20.8 Å². The van der Waals surface area contributed by atoms with Gasteiger partial charge in [0.1, 0.15) is 16.8 Å². The van der Waals surface area contributed by atoms with Crippen LogP contribution < -0.4 is 4.72 Å². The minimum Gasteiger partial charge on any atom is -0.465 e. The van der Waals surface area contributed by atoms with Gasteiger partial charge in [-0.1, -0.05) is 6.07 Å². The third-order valence-corrected chi connectivity index (χ3v) is 5.41. The second-order valence-electron chi connectivity index (χ2n) is 4.47. The minimum atomic E-state index is -4.18. The van der Waals surface area contributed by atoms with Crippen LogP contribution in [0.15, 0.2) is 28.5 Å². The van der Waals surface area contributed by atoms with Gasteiger partial charge in [0, 0.05) is 5.38 Å². The van der Waals surface area contributed by atoms with Gasteiger partial charge in [-0.15, -0.1) is 11.3 Å². The maximum Gasteiger partial charge on any atom is 0.350 e. The number of hydrogen-bond donors (Lipinski definition) is 1. The highest BCUT2D eigenvalue weighted by atomic mass is 32.2. The zero-order chi connectivity index (χ0) is 17.2. The van der Waals surface area contributed by atoms with Crippen molar-refractivity contribution in [3.8, 4) is 6.07 Å². The van der Waals surface area contributed by atoms with E-state index in [0.29, 0.717) is 5.56 Å². The van der Waals surface area contributed by atoms with Crippen molar-refractivity contribution >= 4 is 33.0 Å². The van der Waals surface area contributed by atoms with E-state index in [1.54, 1.807) is 6.07 Å². The Morgan fingerprint density at radius 1 is 1.43 bits per heavy atom. The number of methoxy groups -OCH3 is 1. The molecule has 0 atom stereocenters. The quantitative estimate of drug-likeness (QED) is 0.852. The summed E-state index contributed by atoms with van der Waals surface area (Å²) < 4.78 is 45.0. The lowest BCUT2D eigenvalue weighted by Gasteiger charge is -2.11. The molecule has 0 fully saturated rings. The fourth-order valence-electron chi connectivity index (χ4n) is 1.84. The lowest BCUT2D eigenvalue weighted by molar-refractivity contribution is 0.0607. The number of benzene rings is 1. The summed E-state index contributed by atoms with van der Waals surface area (Å²) in [5.41, 5.74) is 0.133. The Balaban J connectivity index is 2.54. The maximum absolute atomic E-state index is 13.3. The Labute approximate surface area is 136 Å². The molecule has 1 heterocycles. The molecule has 0 saturated heterocycles. The van der Waals surface area contributed by atoms with Crippen molar-refractivity contribution in [2.75, 3.05) is 11.8 Å². The van der Waals surface area contributed by atoms with Crippen molar-refractivity contribution in [1.29, 1.82) is 5.26 Å². The van der Waals surface area contributed by atoms with Gasteiger partial charge in [0.15, 0.2) is 0 Å². The van der Waals surface area contributed by atoms with Crippen LogP contribution in [0.2, 0.25) is 0 Å². The molecule has 0 bridgehead atoms. The Kier molecular flexibility index (Phi) is 4.68. The molecule has 0 amide bonds. The predicted octanol–water partition coefficient (Wildman–Crippen LogP) is 2.65. The van der Waals surface area contributed by atoms with Crippen molar-refractivity contribution in [2.24, 2.45) is 0 Å². The first kappa shape index (κ1) is 16.9. The van der Waals surface area contributed by atoms with Gasteiger partial charge in [0.25, 0.3) is 10.0 Å². The van der Waals surface area contributed by atoms with E-state index < -0.39 is 21.8 Å². The van der Waals surface area contributed by atoms with Crippen molar-refractivity contribution < 1.29 is 22.3 Å². The monoisotopic (exact) mass is 354 g/mol. The van der Waals surface area contributed by atoms with Gasteiger partial charge in [-0.05, 0) is 24.6 Å². The van der Waals surface area contributed by atoms with Gasteiger partial charge in [-0.2, -0.15) is 5.26 Å². The van der Waals surface area contributed by atoms with E-state index in [9.17, 15) is 17.6 Å². The molecule has 0 spiro atoms. The number of thiophene rings is 1. The number of sulfonamides is 1. The molecule has 1 aromatic heterocycles. The molecule has 9 heteroatoms. The molecule has 0 radical (unpaired) electrons. The number of ether oxygens (including phenoxy) is 1. The molecule has 0 saturated carbocycles. The number of rotatable bonds is 4. The normalized spacial score (nSPS) is 10.9. The summed E-state index contributed by atoms with van der Waals surface area (Å²) in [6.07, 6.45) is 0. The first-order chi connectivity index (χ1) is 10.8. The third-order valence-electron chi connectivity index (χ3n) is 2.96. The number of carbonyl (C=O) groups is 1. The highest BCUT2D eigenvalue weighted by Crippen LogP contribution is 2.31. The molecule has 1 N–H and O–H groups in total. The fourth-order valence-corrected chi connectivity index (χ4v) is 4.12. The van der Waals surface area contributed by atoms with Crippen LogP contribution in [0.25, 0.3) is 0 Å². The van der Waals surface area contributed by atoms with E-state index >= 15 is 0 Å². The van der Waals surface area contributed by atoms with Gasteiger partial charge in [-0.25, -0.2) is 17.6 Å². The highest BCUT2D eigenvalue weighted by Gasteiger charge is 2.25. The minimum absolute atomic E-state index is 0.0203. The summed E-state index contributed by atoms with van der Waals surface area (Å²) in [6, 6.07) is 5.13. The average Bonchev–Trinajstić information content (AvgIpc) is 2.90. The van der Waals surface area contributed by atoms with Crippen molar-refractivity contribution in [3.63, 3.8) is 0 Å². The van der Waals surface area contributed by atoms with Gasteiger partial charge in [0.05, 0.1) is 23.3 Å². The van der Waals surface area contributed by atoms with Crippen molar-refractivity contribution in [2.45, 2.75) is 11.8 Å². The fraction of sp³-hybridized carbons (Fsp3) is 0.143. The van der Waals surface area contributed by atoms with E-state index in [0.717, 1.165) is 30.6 Å². The number of halogens is 1. The second kappa shape index (κ2) is 6.36. The second-order valence-corrected chi connectivity index (χ2v) is 7.00. The predicted molar refractivity (Wildman–Crippen MR) is 82.3 cm³/mol. The number of nitrogens with zero attached hydrogens (tertiary/aromatic N) is 1. The zero-order valence-corrected chi connectivity index (χ0v) is 13.7. The SMILES string of the molecule is COC(=O)c1scc(C#N)c1NS(=O)(=O)c1cc(F)ccc1C. The Hall–Kier alpha value is -2.44. The topological polar surface area (TPSA) is 96.3 Å². The molecule has 2 aromatic rings. The summed E-state index contributed by atoms with van der Waals surface area (Å²) in [6.45, 7) is 1.51. The van der Waals surface area contributed by atoms with E-state index in [4.69, 9.17) is 5.26 Å². The molecule has 0 unspecified atom stereocenters. The molecule has 2 rings (SSSR count). The maximum atomic E-state index is 13.3. The third kappa shape index (κ3) is 3.33. The smallest absolute Gasteiger partial charge is 0.350 e. The van der Waals surface area contributed by atoms with Gasteiger partial charge < -0.3 is 4.74 Å². The molecular weight excluding hydrogens is 343 g/mol. The molecule has 0 aliphatic heterocycles. The molecule has 0 aliphatic carbocycles. The van der Waals surface area contributed by atoms with Crippen LogP contribution >= 0.6 is 11.3 Å². The van der Waals surface area contributed by atoms with E-state index in [2.05, 4.69) is 9.46 Å². The summed E-state index contributed by atoms with van der Waals surface area (Å²) in [5.74, 6) is -1.49. The van der Waals surface area contributed by atoms with E-state index in [1.165, 1.54) is 18.4 Å². The summed E-state index contributed by atoms with van der Waals surface area (Å²) in [5, 5.41) is 10.4. The molecular formula is C14H11FN2O4S2. The first-order valence-electron chi connectivity index (χ1n) is 6.19. The number of esters is 1. The van der Waals surface area contributed by atoms with Crippen LogP contribution in [0.5, 0.6) is 0 Å². The van der Waals surface area contributed by atoms with Gasteiger partial charge in [-0.3, -0.25) is 4.72 Å². The molecule has 120 valence electrons. The average molecular weight is 354 g/mol. The number of aryl methyl sites for hydroxylation is 1. The zero-order valence-electron chi connectivity index (χ0n) is 12.1. The Morgan fingerprint density at radius 3 is 2.74 bits per heavy atom. The summed E-state index contributed by atoms with van der Waals surface area (Å²) in [7, 11) is -3.03. The summed E-state index contributed by atoms with van der Waals surface area (Å²) >= 11 is 0.879. The molecule has 6 nitrogen and oxygen atoms in total. The standard InChI is InChI=1S/C14H11FN2O4S2/c1-8-3-4-10(15)5-11(8)23(19,20)17-12-9(6-16)7-22-13(12)14(18)21-2/h3-5,7,17H,1-2H3. The van der Waals surface area contributed by atoms with Crippen LogP contribution in [0.4, 0.5) is 10.1 Å². The molecule has 23 heavy (non-hydrogen) atoms. The van der Waals surface area contributed by atoms with Crippen molar-refractivity contribution in [3.05, 3.63) is 45.4 Å². The highest BCUT2D eigenvalue weighted by molar-refractivity contribution is 7.92. The largest absolute Gasteiger partial charge is 0.465 e. The summed E-state index contributed by atoms with van der Waals surface area (Å²) in [4.78, 5) is 11.4. The number of hydrogen-bond acceptors (Lipinski definition) is 6. The van der Waals surface area contributed by atoms with Crippen LogP contribution in [-0.2, 0) is 14.8 Å². The van der Waals surface area contributed by atoms with Gasteiger partial charge in [0.2, 0.25) is 0 Å². The van der Waals surface area contributed by atoms with E-state index in [1.807, 2.05) is 0 Å². The number of nitrogens with one attached hydrogen (secondary N) is 1. The van der Waals surface area contributed by atoms with Crippen LogP contribution in [-0.4, -0.2) is 21.5 Å². The van der Waals surface area contributed by atoms with Crippen LogP contribution in [0.3, 0.4) is 0 Å². The Bertz CT molecular complexity index is 913. The van der Waals surface area contributed by atoms with Gasteiger partial charge >= 0.3 is 5.97 Å². The lowest BCUT2D eigenvalue weighted by atomic mass is 10.2.